The summed E-state index contributed by atoms with van der Waals surface area (Å²) in [6, 6.07) is 2.78. The summed E-state index contributed by atoms with van der Waals surface area (Å²) in [6.45, 7) is 0.0329. The summed E-state index contributed by atoms with van der Waals surface area (Å²) in [7, 11) is 1.43. The van der Waals surface area contributed by atoms with Crippen molar-refractivity contribution in [3.63, 3.8) is 0 Å². The predicted molar refractivity (Wildman–Crippen MR) is 54.7 cm³/mol. The van der Waals surface area contributed by atoms with Crippen LogP contribution in [-0.2, 0) is 0 Å². The van der Waals surface area contributed by atoms with E-state index in [1.807, 2.05) is 0 Å². The molecule has 1 aromatic rings. The Morgan fingerprint density at radius 1 is 1.64 bits per heavy atom. The molecule has 0 saturated heterocycles. The first kappa shape index (κ1) is 11.4. The fourth-order valence-electron chi connectivity index (χ4n) is 1.07. The van der Waals surface area contributed by atoms with Crippen LogP contribution in [0.4, 0.5) is 4.39 Å². The molecule has 0 saturated carbocycles. The molecule has 0 aliphatic heterocycles. The van der Waals surface area contributed by atoms with E-state index >= 15 is 0 Å². The number of hydrogen-bond acceptors (Lipinski definition) is 3. The van der Waals surface area contributed by atoms with E-state index in [2.05, 4.69) is 15.9 Å². The van der Waals surface area contributed by atoms with E-state index in [0.29, 0.717) is 11.3 Å². The fourth-order valence-corrected chi connectivity index (χ4v) is 1.56. The molecule has 3 nitrogen and oxygen atoms in total. The Morgan fingerprint density at radius 3 is 2.79 bits per heavy atom. The van der Waals surface area contributed by atoms with Gasteiger partial charge in [-0.05, 0) is 22.0 Å². The van der Waals surface area contributed by atoms with Crippen LogP contribution in [0, 0.1) is 5.82 Å². The summed E-state index contributed by atoms with van der Waals surface area (Å²) in [5.41, 5.74) is 5.67. The Balaban J connectivity index is 3.20. The van der Waals surface area contributed by atoms with Gasteiger partial charge >= 0.3 is 0 Å². The molecule has 1 aromatic carbocycles. The molecule has 14 heavy (non-hydrogen) atoms. The normalized spacial score (nSPS) is 12.6. The molecule has 1 atom stereocenters. The van der Waals surface area contributed by atoms with Crippen molar-refractivity contribution in [1.82, 2.24) is 0 Å². The van der Waals surface area contributed by atoms with Gasteiger partial charge in [0, 0.05) is 18.2 Å². The number of rotatable bonds is 3. The van der Waals surface area contributed by atoms with Crippen molar-refractivity contribution in [2.24, 2.45) is 5.73 Å². The van der Waals surface area contributed by atoms with Crippen LogP contribution in [0.2, 0.25) is 0 Å². The van der Waals surface area contributed by atoms with Crippen LogP contribution >= 0.6 is 15.9 Å². The molecule has 0 fully saturated rings. The van der Waals surface area contributed by atoms with Crippen LogP contribution in [0.3, 0.4) is 0 Å². The van der Waals surface area contributed by atoms with Gasteiger partial charge in [-0.15, -0.1) is 0 Å². The molecular weight excluding hydrogens is 253 g/mol. The number of halogens is 2. The van der Waals surface area contributed by atoms with Gasteiger partial charge in [0.2, 0.25) is 0 Å². The summed E-state index contributed by atoms with van der Waals surface area (Å²) >= 11 is 3.04. The van der Waals surface area contributed by atoms with E-state index in [0.717, 1.165) is 0 Å². The number of methoxy groups -OCH3 is 1. The van der Waals surface area contributed by atoms with Crippen LogP contribution in [0.1, 0.15) is 11.7 Å². The quantitative estimate of drug-likeness (QED) is 0.871. The Morgan fingerprint density at radius 2 is 2.29 bits per heavy atom. The Hall–Kier alpha value is -0.650. The van der Waals surface area contributed by atoms with Gasteiger partial charge in [-0.25, -0.2) is 4.39 Å². The molecule has 0 radical (unpaired) electrons. The average Bonchev–Trinajstić information content (AvgIpc) is 2.20. The number of benzene rings is 1. The zero-order valence-corrected chi connectivity index (χ0v) is 9.21. The van der Waals surface area contributed by atoms with Gasteiger partial charge in [-0.3, -0.25) is 0 Å². The molecule has 5 heteroatoms. The minimum Gasteiger partial charge on any atom is -0.497 e. The van der Waals surface area contributed by atoms with Crippen molar-refractivity contribution in [2.45, 2.75) is 6.10 Å². The lowest BCUT2D eigenvalue weighted by molar-refractivity contribution is 0.185. The van der Waals surface area contributed by atoms with Crippen molar-refractivity contribution >= 4 is 15.9 Å². The second-order valence-electron chi connectivity index (χ2n) is 2.76. The third kappa shape index (κ3) is 2.23. The monoisotopic (exact) mass is 263 g/mol. The predicted octanol–water partition coefficient (Wildman–Crippen LogP) is 1.59. The maximum absolute atomic E-state index is 13.2. The number of nitrogens with two attached hydrogens (primary N) is 1. The van der Waals surface area contributed by atoms with Crippen LogP contribution in [0.5, 0.6) is 5.75 Å². The first-order valence-electron chi connectivity index (χ1n) is 4.01. The Bertz CT molecular complexity index is 333. The van der Waals surface area contributed by atoms with E-state index < -0.39 is 11.9 Å². The average molecular weight is 264 g/mol. The molecule has 0 heterocycles. The minimum absolute atomic E-state index is 0.0329. The molecule has 0 aliphatic rings. The van der Waals surface area contributed by atoms with E-state index in [1.54, 1.807) is 6.07 Å². The van der Waals surface area contributed by atoms with Crippen LogP contribution in [0.15, 0.2) is 16.6 Å². The topological polar surface area (TPSA) is 55.5 Å². The highest BCUT2D eigenvalue weighted by atomic mass is 79.9. The van der Waals surface area contributed by atoms with Gasteiger partial charge in [0.15, 0.2) is 0 Å². The molecule has 0 spiro atoms. The van der Waals surface area contributed by atoms with E-state index in [1.165, 1.54) is 13.2 Å². The Kier molecular flexibility index (Phi) is 3.86. The molecule has 0 amide bonds. The van der Waals surface area contributed by atoms with E-state index in [9.17, 15) is 9.50 Å². The smallest absolute Gasteiger partial charge is 0.141 e. The van der Waals surface area contributed by atoms with E-state index in [4.69, 9.17) is 10.5 Å². The second kappa shape index (κ2) is 4.72. The summed E-state index contributed by atoms with van der Waals surface area (Å²) in [5, 5.41) is 9.48. The number of aliphatic hydroxyl groups excluding tert-OH is 1. The maximum atomic E-state index is 13.2. The largest absolute Gasteiger partial charge is 0.497 e. The molecule has 0 bridgehead atoms. The third-order valence-corrected chi connectivity index (χ3v) is 2.68. The van der Waals surface area contributed by atoms with Crippen molar-refractivity contribution in [1.29, 1.82) is 0 Å². The van der Waals surface area contributed by atoms with Gasteiger partial charge < -0.3 is 15.6 Å². The van der Waals surface area contributed by atoms with E-state index in [-0.39, 0.29) is 11.0 Å². The number of hydrogen-bond donors (Lipinski definition) is 2. The summed E-state index contributed by atoms with van der Waals surface area (Å²) in [6.07, 6.45) is -0.894. The highest BCUT2D eigenvalue weighted by Gasteiger charge is 2.14. The lowest BCUT2D eigenvalue weighted by Crippen LogP contribution is -2.12. The van der Waals surface area contributed by atoms with Gasteiger partial charge in [-0.1, -0.05) is 0 Å². The molecule has 0 aromatic heterocycles. The van der Waals surface area contributed by atoms with Gasteiger partial charge in [0.25, 0.3) is 0 Å². The van der Waals surface area contributed by atoms with Crippen molar-refractivity contribution in [2.75, 3.05) is 13.7 Å². The maximum Gasteiger partial charge on any atom is 0.141 e. The zero-order chi connectivity index (χ0) is 10.7. The highest BCUT2D eigenvalue weighted by molar-refractivity contribution is 9.10. The molecule has 3 N–H and O–H groups in total. The van der Waals surface area contributed by atoms with Crippen molar-refractivity contribution < 1.29 is 14.2 Å². The molecule has 1 rings (SSSR count). The first-order chi connectivity index (χ1) is 6.60. The minimum atomic E-state index is -0.894. The fraction of sp³-hybridized carbons (Fsp3) is 0.333. The van der Waals surface area contributed by atoms with Gasteiger partial charge in [-0.2, -0.15) is 0 Å². The second-order valence-corrected chi connectivity index (χ2v) is 3.56. The number of ether oxygens (including phenoxy) is 1. The van der Waals surface area contributed by atoms with Crippen LogP contribution in [-0.4, -0.2) is 18.8 Å². The number of aliphatic hydroxyl groups is 1. The molecule has 78 valence electrons. The lowest BCUT2D eigenvalue weighted by atomic mass is 10.1. The van der Waals surface area contributed by atoms with Crippen molar-refractivity contribution in [3.05, 3.63) is 28.0 Å². The SMILES string of the molecule is COc1cc(F)c(Br)c(C(O)CN)c1. The van der Waals surface area contributed by atoms with Gasteiger partial charge in [0.05, 0.1) is 17.7 Å². The van der Waals surface area contributed by atoms with Crippen LogP contribution in [0.25, 0.3) is 0 Å². The molecule has 0 aliphatic carbocycles. The van der Waals surface area contributed by atoms with Crippen molar-refractivity contribution in [3.8, 4) is 5.75 Å². The lowest BCUT2D eigenvalue weighted by Gasteiger charge is -2.12. The third-order valence-electron chi connectivity index (χ3n) is 1.85. The summed E-state index contributed by atoms with van der Waals surface area (Å²) in [5.74, 6) is -0.125. The highest BCUT2D eigenvalue weighted by Crippen LogP contribution is 2.30. The molecule has 1 unspecified atom stereocenters. The summed E-state index contributed by atoms with van der Waals surface area (Å²) in [4.78, 5) is 0. The van der Waals surface area contributed by atoms with Gasteiger partial charge in [0.1, 0.15) is 11.6 Å². The standard InChI is InChI=1S/C9H11BrFNO2/c1-14-5-2-6(8(13)4-12)9(10)7(11)3-5/h2-3,8,13H,4,12H2,1H3. The molecular formula is C9H11BrFNO2. The Labute approximate surface area is 89.8 Å². The summed E-state index contributed by atoms with van der Waals surface area (Å²) < 4.78 is 18.3. The van der Waals surface area contributed by atoms with Crippen LogP contribution < -0.4 is 10.5 Å². The first-order valence-corrected chi connectivity index (χ1v) is 4.80. The zero-order valence-electron chi connectivity index (χ0n) is 7.63.